The van der Waals surface area contributed by atoms with Gasteiger partial charge in [0.15, 0.2) is 8.15 Å². The molecule has 0 saturated carbocycles. The van der Waals surface area contributed by atoms with E-state index >= 15 is 0 Å². The van der Waals surface area contributed by atoms with Gasteiger partial charge >= 0.3 is 6.18 Å². The molecule has 0 aliphatic rings. The van der Waals surface area contributed by atoms with Crippen LogP contribution < -0.4 is 15.9 Å². The maximum Gasteiger partial charge on any atom is 0.416 e. The van der Waals surface area contributed by atoms with Gasteiger partial charge < -0.3 is 9.84 Å². The molecule has 3 nitrogen and oxygen atoms in total. The van der Waals surface area contributed by atoms with Crippen LogP contribution in [0.4, 0.5) is 13.2 Å². The summed E-state index contributed by atoms with van der Waals surface area (Å²) in [6, 6.07) is 33.0. The van der Waals surface area contributed by atoms with Crippen molar-refractivity contribution in [2.75, 3.05) is 0 Å². The number of amides is 1. The number of hydrogen-bond acceptors (Lipinski definition) is 2. The van der Waals surface area contributed by atoms with E-state index in [0.717, 1.165) is 40.4 Å². The van der Waals surface area contributed by atoms with Crippen molar-refractivity contribution in [3.63, 3.8) is 0 Å². The van der Waals surface area contributed by atoms with Crippen LogP contribution in [-0.2, 0) is 10.7 Å². The van der Waals surface area contributed by atoms with Crippen molar-refractivity contribution in [3.8, 4) is 0 Å². The van der Waals surface area contributed by atoms with Crippen molar-refractivity contribution in [2.24, 2.45) is 0 Å². The van der Waals surface area contributed by atoms with Crippen LogP contribution in [0.25, 0.3) is 5.76 Å². The average Bonchev–Trinajstić information content (AvgIpc) is 2.90. The van der Waals surface area contributed by atoms with Crippen LogP contribution in [-0.4, -0.2) is 5.91 Å². The number of carbonyl (C=O) groups is 1. The van der Waals surface area contributed by atoms with Crippen LogP contribution >= 0.6 is 8.15 Å². The SMILES string of the molecule is O=C(NC=C(OP(c1ccccc1)c1ccccc1)c1ccccc1)c1ccc(C(F)(F)F)cc1. The molecule has 0 unspecified atom stereocenters. The van der Waals surface area contributed by atoms with Crippen molar-refractivity contribution in [1.29, 1.82) is 0 Å². The zero-order valence-corrected chi connectivity index (χ0v) is 19.3. The molecule has 0 heterocycles. The van der Waals surface area contributed by atoms with E-state index in [1.165, 1.54) is 6.20 Å². The van der Waals surface area contributed by atoms with E-state index in [2.05, 4.69) is 5.32 Å². The second-order valence-electron chi connectivity index (χ2n) is 7.48. The molecular weight excluding hydrogens is 470 g/mol. The topological polar surface area (TPSA) is 38.3 Å². The van der Waals surface area contributed by atoms with Crippen molar-refractivity contribution < 1.29 is 22.5 Å². The van der Waals surface area contributed by atoms with Gasteiger partial charge in [0.2, 0.25) is 0 Å². The van der Waals surface area contributed by atoms with E-state index < -0.39 is 25.8 Å². The van der Waals surface area contributed by atoms with Crippen LogP contribution in [0, 0.1) is 0 Å². The lowest BCUT2D eigenvalue weighted by molar-refractivity contribution is -0.137. The van der Waals surface area contributed by atoms with Crippen LogP contribution in [0.2, 0.25) is 0 Å². The summed E-state index contributed by atoms with van der Waals surface area (Å²) in [6.45, 7) is 0. The summed E-state index contributed by atoms with van der Waals surface area (Å²) in [7, 11) is -1.26. The Morgan fingerprint density at radius 1 is 0.686 bits per heavy atom. The summed E-state index contributed by atoms with van der Waals surface area (Å²) in [5, 5.41) is 4.65. The van der Waals surface area contributed by atoms with Gasteiger partial charge in [-0.3, -0.25) is 4.79 Å². The quantitative estimate of drug-likeness (QED) is 0.237. The Labute approximate surface area is 202 Å². The van der Waals surface area contributed by atoms with Crippen LogP contribution in [0.3, 0.4) is 0 Å². The highest BCUT2D eigenvalue weighted by molar-refractivity contribution is 7.68. The highest BCUT2D eigenvalue weighted by Crippen LogP contribution is 2.40. The van der Waals surface area contributed by atoms with E-state index in [0.29, 0.717) is 5.76 Å². The zero-order valence-electron chi connectivity index (χ0n) is 18.4. The van der Waals surface area contributed by atoms with Gasteiger partial charge in [0, 0.05) is 27.9 Å². The molecule has 1 N–H and O–H groups in total. The molecule has 0 fully saturated rings. The Hall–Kier alpha value is -3.89. The normalized spacial score (nSPS) is 11.8. The molecule has 0 aromatic heterocycles. The highest BCUT2D eigenvalue weighted by Gasteiger charge is 2.30. The standard InChI is InChI=1S/C28H21F3NO2P/c29-28(30,31)23-18-16-22(17-19-23)27(33)32-20-26(21-10-4-1-5-11-21)34-35(24-12-6-2-7-13-24)25-14-8-3-9-15-25/h1-20H,(H,32,33). The van der Waals surface area contributed by atoms with Gasteiger partial charge in [0.25, 0.3) is 5.91 Å². The molecule has 35 heavy (non-hydrogen) atoms. The fourth-order valence-electron chi connectivity index (χ4n) is 3.27. The fraction of sp³-hybridized carbons (Fsp3) is 0.0357. The number of halogens is 3. The molecule has 0 radical (unpaired) electrons. The van der Waals surface area contributed by atoms with E-state index in [1.54, 1.807) is 0 Å². The summed E-state index contributed by atoms with van der Waals surface area (Å²) in [4.78, 5) is 12.7. The lowest BCUT2D eigenvalue weighted by atomic mass is 10.1. The third kappa shape index (κ3) is 6.37. The minimum atomic E-state index is -4.46. The van der Waals surface area contributed by atoms with Crippen LogP contribution in [0.5, 0.6) is 0 Å². The Morgan fingerprint density at radius 3 is 1.66 bits per heavy atom. The third-order valence-electron chi connectivity index (χ3n) is 5.04. The number of nitrogens with one attached hydrogen (secondary N) is 1. The predicted octanol–water partition coefficient (Wildman–Crippen LogP) is 6.50. The molecule has 1 amide bonds. The monoisotopic (exact) mass is 491 g/mol. The first kappa shape index (κ1) is 24.2. The van der Waals surface area contributed by atoms with Gasteiger partial charge in [-0.25, -0.2) is 0 Å². The third-order valence-corrected chi connectivity index (χ3v) is 6.95. The van der Waals surface area contributed by atoms with E-state index in [9.17, 15) is 18.0 Å². The fourth-order valence-corrected chi connectivity index (χ4v) is 5.02. The van der Waals surface area contributed by atoms with E-state index in [1.807, 2.05) is 91.0 Å². The Balaban J connectivity index is 1.64. The molecule has 4 aromatic carbocycles. The predicted molar refractivity (Wildman–Crippen MR) is 133 cm³/mol. The highest BCUT2D eigenvalue weighted by atomic mass is 31.1. The molecule has 0 atom stereocenters. The van der Waals surface area contributed by atoms with Crippen LogP contribution in [0.15, 0.2) is 121 Å². The molecule has 0 aliphatic heterocycles. The molecule has 4 aromatic rings. The number of rotatable bonds is 7. The average molecular weight is 491 g/mol. The Morgan fingerprint density at radius 2 is 1.17 bits per heavy atom. The Kier molecular flexibility index (Phi) is 7.64. The number of benzene rings is 4. The second-order valence-corrected chi connectivity index (χ2v) is 9.28. The van der Waals surface area contributed by atoms with Crippen molar-refractivity contribution in [2.45, 2.75) is 6.18 Å². The van der Waals surface area contributed by atoms with Gasteiger partial charge in [-0.05, 0) is 24.3 Å². The molecule has 176 valence electrons. The largest absolute Gasteiger partial charge is 0.462 e. The first-order valence-corrected chi connectivity index (χ1v) is 12.0. The maximum absolute atomic E-state index is 12.8. The first-order valence-electron chi connectivity index (χ1n) is 10.7. The molecule has 4 rings (SSSR count). The summed E-state index contributed by atoms with van der Waals surface area (Å²) in [6.07, 6.45) is -3.01. The summed E-state index contributed by atoms with van der Waals surface area (Å²) >= 11 is 0. The minimum absolute atomic E-state index is 0.107. The van der Waals surface area contributed by atoms with Gasteiger partial charge in [-0.15, -0.1) is 0 Å². The lowest BCUT2D eigenvalue weighted by Crippen LogP contribution is -2.19. The first-order chi connectivity index (χ1) is 16.9. The molecule has 7 heteroatoms. The molecule has 0 bridgehead atoms. The van der Waals surface area contributed by atoms with Crippen molar-refractivity contribution in [1.82, 2.24) is 5.32 Å². The summed E-state index contributed by atoms with van der Waals surface area (Å²) < 4.78 is 45.0. The Bertz CT molecular complexity index is 1240. The molecule has 0 spiro atoms. The van der Waals surface area contributed by atoms with Gasteiger partial charge in [-0.2, -0.15) is 13.2 Å². The minimum Gasteiger partial charge on any atom is -0.462 e. The summed E-state index contributed by atoms with van der Waals surface area (Å²) in [5.41, 5.74) is 0.0453. The van der Waals surface area contributed by atoms with Crippen LogP contribution in [0.1, 0.15) is 21.5 Å². The lowest BCUT2D eigenvalue weighted by Gasteiger charge is -2.21. The number of alkyl halides is 3. The van der Waals surface area contributed by atoms with Crippen molar-refractivity contribution >= 4 is 30.4 Å². The number of carbonyl (C=O) groups excluding carboxylic acids is 1. The number of hydrogen-bond donors (Lipinski definition) is 1. The molecule has 0 saturated heterocycles. The van der Waals surface area contributed by atoms with E-state index in [-0.39, 0.29) is 5.56 Å². The van der Waals surface area contributed by atoms with Gasteiger partial charge in [0.05, 0.1) is 5.56 Å². The van der Waals surface area contributed by atoms with Gasteiger partial charge in [0.1, 0.15) is 5.76 Å². The smallest absolute Gasteiger partial charge is 0.416 e. The second kappa shape index (κ2) is 11.0. The van der Waals surface area contributed by atoms with Gasteiger partial charge in [-0.1, -0.05) is 91.0 Å². The van der Waals surface area contributed by atoms with Crippen molar-refractivity contribution in [3.05, 3.63) is 138 Å². The maximum atomic E-state index is 12.8. The van der Waals surface area contributed by atoms with E-state index in [4.69, 9.17) is 4.52 Å². The zero-order chi connectivity index (χ0) is 24.7. The molecule has 0 aliphatic carbocycles. The molecular formula is C28H21F3NO2P. The summed E-state index contributed by atoms with van der Waals surface area (Å²) in [5.74, 6) is -0.107.